The van der Waals surface area contributed by atoms with Crippen LogP contribution in [0.25, 0.3) is 94.2 Å². The van der Waals surface area contributed by atoms with Crippen LogP contribution in [-0.4, -0.2) is 14.5 Å². The van der Waals surface area contributed by atoms with Crippen molar-refractivity contribution >= 4 is 43.7 Å². The second-order valence-electron chi connectivity index (χ2n) is 15.0. The third-order valence-corrected chi connectivity index (χ3v) is 10.6. The van der Waals surface area contributed by atoms with Crippen molar-refractivity contribution in [1.82, 2.24) is 19.5 Å². The van der Waals surface area contributed by atoms with Crippen LogP contribution in [0.2, 0.25) is 0 Å². The molecule has 0 unspecified atom stereocenters. The van der Waals surface area contributed by atoms with Gasteiger partial charge < -0.3 is 9.55 Å². The number of aromatic nitrogens is 4. The summed E-state index contributed by atoms with van der Waals surface area (Å²) >= 11 is 0. The first-order chi connectivity index (χ1) is 26.4. The Morgan fingerprint density at radius 2 is 1.31 bits per heavy atom. The topological polar surface area (TPSA) is 44.8 Å². The molecule has 266 valence electrons. The van der Waals surface area contributed by atoms with Crippen LogP contribution in [0.5, 0.6) is 0 Å². The van der Waals surface area contributed by atoms with Crippen molar-refractivity contribution in [1.29, 1.82) is 0 Å². The molecule has 0 fully saturated rings. The zero-order chi connectivity index (χ0) is 36.4. The van der Waals surface area contributed by atoms with Crippen LogP contribution >= 0.6 is 0 Å². The second-order valence-corrected chi connectivity index (χ2v) is 15.0. The van der Waals surface area contributed by atoms with Gasteiger partial charge in [0, 0.05) is 23.0 Å². The van der Waals surface area contributed by atoms with Crippen molar-refractivity contribution in [2.24, 2.45) is 0 Å². The molecule has 0 saturated carbocycles. The maximum absolute atomic E-state index is 5.52. The van der Waals surface area contributed by atoms with Gasteiger partial charge in [0.15, 0.2) is 0 Å². The Hall–Kier alpha value is -6.09. The molecule has 0 spiro atoms. The van der Waals surface area contributed by atoms with E-state index in [9.17, 15) is 0 Å². The monoisotopic (exact) mass is 887 g/mol. The molecular weight excluding hydrogens is 852 g/mol. The van der Waals surface area contributed by atoms with E-state index >= 15 is 0 Å². The van der Waals surface area contributed by atoms with Crippen LogP contribution in [0.15, 0.2) is 164 Å². The Morgan fingerprint density at radius 1 is 0.582 bits per heavy atom. The predicted molar refractivity (Wildman–Crippen MR) is 224 cm³/mol. The zero-order valence-corrected chi connectivity index (χ0v) is 33.0. The summed E-state index contributed by atoms with van der Waals surface area (Å²) in [6.45, 7) is 6.75. The van der Waals surface area contributed by atoms with Gasteiger partial charge >= 0.3 is 21.1 Å². The number of nitrogens with zero attached hydrogens (tertiary/aromatic N) is 4. The minimum Gasteiger partial charge on any atom is -0.656 e. The molecule has 3 aromatic heterocycles. The molecule has 0 atom stereocenters. The quantitative estimate of drug-likeness (QED) is 0.162. The van der Waals surface area contributed by atoms with E-state index in [0.717, 1.165) is 94.2 Å². The van der Waals surface area contributed by atoms with Crippen molar-refractivity contribution in [2.75, 3.05) is 0 Å². The van der Waals surface area contributed by atoms with Gasteiger partial charge in [0.2, 0.25) is 0 Å². The fourth-order valence-electron chi connectivity index (χ4n) is 7.84. The molecule has 0 aliphatic rings. The Morgan fingerprint density at radius 3 is 2.15 bits per heavy atom. The first-order valence-corrected chi connectivity index (χ1v) is 18.4. The van der Waals surface area contributed by atoms with E-state index in [2.05, 4.69) is 183 Å². The number of imidazole rings is 1. The Kier molecular flexibility index (Phi) is 8.60. The summed E-state index contributed by atoms with van der Waals surface area (Å²) in [6, 6.07) is 59.5. The summed E-state index contributed by atoms with van der Waals surface area (Å²) < 4.78 is 2.28. The maximum Gasteiger partial charge on any atom is 2.00 e. The van der Waals surface area contributed by atoms with Gasteiger partial charge in [-0.2, -0.15) is 0 Å². The molecule has 55 heavy (non-hydrogen) atoms. The molecule has 0 amide bonds. The molecule has 0 saturated heterocycles. The first kappa shape index (κ1) is 34.7. The van der Waals surface area contributed by atoms with E-state index in [1.165, 1.54) is 5.56 Å². The van der Waals surface area contributed by atoms with Crippen molar-refractivity contribution < 1.29 is 21.1 Å². The van der Waals surface area contributed by atoms with Crippen molar-refractivity contribution in [3.8, 4) is 50.5 Å². The number of fused-ring (bicyclic) bond motifs is 5. The minimum absolute atomic E-state index is 0. The summed E-state index contributed by atoms with van der Waals surface area (Å²) in [6.07, 6.45) is 1.87. The summed E-state index contributed by atoms with van der Waals surface area (Å²) in [5.41, 5.74) is 14.6. The van der Waals surface area contributed by atoms with E-state index in [1.54, 1.807) is 0 Å². The van der Waals surface area contributed by atoms with E-state index in [4.69, 9.17) is 15.0 Å². The Bertz CT molecular complexity index is 3020. The standard InChI is InChI=1S/C50H36N4.Pt/c1-50(2,3)37-24-26-38(27-25-37)54-45-23-11-21-42(41-20-10-19-40-39-18-7-8-22-44(39)52-47(40)41)48(45)53-49(54)35-16-9-15-33(29-35)43-31-36(32-13-5-4-6-14-32)30-34-17-12-28-51-46(34)43;/h4-28,30-31H,1-3H3;/q-2;+2. The molecular formula is C50H36N4Pt. The van der Waals surface area contributed by atoms with Crippen LogP contribution in [0.1, 0.15) is 26.3 Å². The largest absolute Gasteiger partial charge is 2.00 e. The number of rotatable bonds is 5. The normalized spacial score (nSPS) is 11.8. The Labute approximate surface area is 334 Å². The van der Waals surface area contributed by atoms with E-state index < -0.39 is 0 Å². The molecule has 0 aliphatic heterocycles. The van der Waals surface area contributed by atoms with Crippen LogP contribution in [-0.2, 0) is 26.5 Å². The second kappa shape index (κ2) is 13.6. The van der Waals surface area contributed by atoms with Gasteiger partial charge in [0.05, 0.1) is 16.9 Å². The first-order valence-electron chi connectivity index (χ1n) is 18.4. The fourth-order valence-corrected chi connectivity index (χ4v) is 7.84. The third kappa shape index (κ3) is 5.98. The average Bonchev–Trinajstić information content (AvgIpc) is 3.80. The number of para-hydroxylation sites is 3. The molecule has 3 heterocycles. The van der Waals surface area contributed by atoms with E-state index in [0.29, 0.717) is 0 Å². The van der Waals surface area contributed by atoms with Crippen LogP contribution < -0.4 is 4.98 Å². The smallest absolute Gasteiger partial charge is 0.656 e. The van der Waals surface area contributed by atoms with Gasteiger partial charge in [-0.1, -0.05) is 141 Å². The van der Waals surface area contributed by atoms with Gasteiger partial charge in [-0.25, -0.2) is 0 Å². The van der Waals surface area contributed by atoms with Crippen LogP contribution in [0.3, 0.4) is 0 Å². The summed E-state index contributed by atoms with van der Waals surface area (Å²) in [5.74, 6) is 0.826. The van der Waals surface area contributed by atoms with E-state index in [1.807, 2.05) is 12.3 Å². The molecule has 5 heteroatoms. The van der Waals surface area contributed by atoms with Gasteiger partial charge in [0.1, 0.15) is 0 Å². The fraction of sp³-hybridized carbons (Fsp3) is 0.0800. The average molecular weight is 888 g/mol. The van der Waals surface area contributed by atoms with Crippen LogP contribution in [0, 0.1) is 6.07 Å². The maximum atomic E-state index is 5.52. The van der Waals surface area contributed by atoms with Crippen molar-refractivity contribution in [3.63, 3.8) is 0 Å². The predicted octanol–water partition coefficient (Wildman–Crippen LogP) is 12.6. The SMILES string of the molecule is CC(C)(C)c1ccc(-n2c(-c3[c-]c(-c4cc(-c5ccccc5)cc5cccnc45)ccc3)nc3c(-c4cccc5c4[n-]c4ccccc45)cccc32)cc1.[Pt+2]. The molecule has 0 radical (unpaired) electrons. The minimum atomic E-state index is 0. The van der Waals surface area contributed by atoms with Crippen molar-refractivity contribution in [2.45, 2.75) is 26.2 Å². The molecule has 0 bridgehead atoms. The molecule has 0 aliphatic carbocycles. The van der Waals surface area contributed by atoms with Gasteiger partial charge in [-0.15, -0.1) is 40.9 Å². The summed E-state index contributed by atoms with van der Waals surface area (Å²) in [7, 11) is 0. The van der Waals surface area contributed by atoms with Crippen molar-refractivity contribution in [3.05, 3.63) is 176 Å². The molecule has 0 N–H and O–H groups in total. The van der Waals surface area contributed by atoms with Gasteiger partial charge in [0.25, 0.3) is 0 Å². The van der Waals surface area contributed by atoms with Gasteiger partial charge in [-0.05, 0) is 74.2 Å². The number of pyridine rings is 1. The number of hydrogen-bond donors (Lipinski definition) is 0. The van der Waals surface area contributed by atoms with Gasteiger partial charge in [-0.3, -0.25) is 9.97 Å². The summed E-state index contributed by atoms with van der Waals surface area (Å²) in [5, 5.41) is 3.40. The third-order valence-electron chi connectivity index (χ3n) is 10.6. The van der Waals surface area contributed by atoms with Crippen LogP contribution in [0.4, 0.5) is 0 Å². The zero-order valence-electron chi connectivity index (χ0n) is 30.7. The molecule has 10 aromatic rings. The molecule has 7 aromatic carbocycles. The molecule has 10 rings (SSSR count). The summed E-state index contributed by atoms with van der Waals surface area (Å²) in [4.78, 5) is 15.5. The molecule has 4 nitrogen and oxygen atoms in total. The number of hydrogen-bond acceptors (Lipinski definition) is 2. The van der Waals surface area contributed by atoms with E-state index in [-0.39, 0.29) is 26.5 Å². The number of benzene rings is 7. The Balaban J connectivity index is 0.00000397.